The van der Waals surface area contributed by atoms with Crippen LogP contribution in [0.5, 0.6) is 17.5 Å². The third-order valence-corrected chi connectivity index (χ3v) is 6.36. The van der Waals surface area contributed by atoms with Gasteiger partial charge in [0.25, 0.3) is 5.88 Å². The zero-order valence-electron chi connectivity index (χ0n) is 21.5. The lowest BCUT2D eigenvalue weighted by atomic mass is 10.0. The van der Waals surface area contributed by atoms with Crippen LogP contribution in [0.1, 0.15) is 27.8 Å². The number of nitrogens with one attached hydrogen (secondary N) is 1. The van der Waals surface area contributed by atoms with Crippen molar-refractivity contribution in [3.63, 3.8) is 0 Å². The average Bonchev–Trinajstić information content (AvgIpc) is 3.36. The van der Waals surface area contributed by atoms with Gasteiger partial charge in [0, 0.05) is 30.9 Å². The SMILES string of the molecule is COc1cc2c(cn1)CN(C(=O)Nc1nc(-c3c(C)cc(C(F)(F)F)cc3O)cnc1OCc1ccccc1)C2. The Labute approximate surface area is 227 Å². The molecule has 206 valence electrons. The van der Waals surface area contributed by atoms with Gasteiger partial charge in [0.15, 0.2) is 5.82 Å². The molecule has 5 rings (SSSR count). The Morgan fingerprint density at radius 1 is 1.07 bits per heavy atom. The molecule has 0 saturated heterocycles. The predicted octanol–water partition coefficient (Wildman–Crippen LogP) is 5.71. The number of anilines is 1. The number of benzene rings is 2. The zero-order valence-corrected chi connectivity index (χ0v) is 21.5. The fourth-order valence-corrected chi connectivity index (χ4v) is 4.37. The first-order valence-corrected chi connectivity index (χ1v) is 12.1. The molecule has 12 heteroatoms. The Morgan fingerprint density at radius 2 is 1.82 bits per heavy atom. The van der Waals surface area contributed by atoms with Crippen molar-refractivity contribution in [2.75, 3.05) is 12.4 Å². The number of rotatable bonds is 6. The van der Waals surface area contributed by atoms with Gasteiger partial charge in [-0.1, -0.05) is 30.3 Å². The summed E-state index contributed by atoms with van der Waals surface area (Å²) in [5, 5.41) is 13.2. The first kappa shape index (κ1) is 26.7. The lowest BCUT2D eigenvalue weighted by molar-refractivity contribution is -0.137. The number of fused-ring (bicyclic) bond motifs is 1. The molecule has 2 N–H and O–H groups in total. The van der Waals surface area contributed by atoms with Crippen molar-refractivity contribution in [1.82, 2.24) is 19.9 Å². The van der Waals surface area contributed by atoms with E-state index in [1.807, 2.05) is 30.3 Å². The Morgan fingerprint density at radius 3 is 2.52 bits per heavy atom. The van der Waals surface area contributed by atoms with E-state index in [4.69, 9.17) is 9.47 Å². The van der Waals surface area contributed by atoms with Crippen LogP contribution in [-0.4, -0.2) is 38.1 Å². The smallest absolute Gasteiger partial charge is 0.416 e. The molecule has 4 aromatic rings. The molecule has 9 nitrogen and oxygen atoms in total. The normalized spacial score (nSPS) is 12.7. The van der Waals surface area contributed by atoms with Crippen LogP contribution in [0.4, 0.5) is 23.8 Å². The van der Waals surface area contributed by atoms with Crippen molar-refractivity contribution in [3.8, 4) is 28.8 Å². The topological polar surface area (TPSA) is 110 Å². The second-order valence-electron chi connectivity index (χ2n) is 9.15. The van der Waals surface area contributed by atoms with Crippen molar-refractivity contribution in [2.45, 2.75) is 32.8 Å². The molecule has 1 aliphatic heterocycles. The van der Waals surface area contributed by atoms with E-state index >= 15 is 0 Å². The number of halogens is 3. The first-order valence-electron chi connectivity index (χ1n) is 12.1. The van der Waals surface area contributed by atoms with Crippen LogP contribution >= 0.6 is 0 Å². The van der Waals surface area contributed by atoms with Gasteiger partial charge >= 0.3 is 12.2 Å². The largest absolute Gasteiger partial charge is 0.507 e. The van der Waals surface area contributed by atoms with Gasteiger partial charge in [-0.3, -0.25) is 5.32 Å². The lowest BCUT2D eigenvalue weighted by Gasteiger charge is -2.18. The Balaban J connectivity index is 1.45. The van der Waals surface area contributed by atoms with Crippen LogP contribution in [0.3, 0.4) is 0 Å². The summed E-state index contributed by atoms with van der Waals surface area (Å²) >= 11 is 0. The minimum Gasteiger partial charge on any atom is -0.507 e. The number of methoxy groups -OCH3 is 1. The molecular weight excluding hydrogens is 527 g/mol. The monoisotopic (exact) mass is 551 g/mol. The quantitative estimate of drug-likeness (QED) is 0.316. The van der Waals surface area contributed by atoms with Crippen LogP contribution in [0.15, 0.2) is 60.9 Å². The molecule has 0 aliphatic carbocycles. The van der Waals surface area contributed by atoms with E-state index < -0.39 is 23.5 Å². The maximum Gasteiger partial charge on any atom is 0.416 e. The predicted molar refractivity (Wildman–Crippen MR) is 139 cm³/mol. The molecule has 0 saturated carbocycles. The number of pyridine rings is 1. The number of aromatic nitrogens is 3. The summed E-state index contributed by atoms with van der Waals surface area (Å²) in [5.41, 5.74) is 1.85. The maximum absolute atomic E-state index is 13.3. The summed E-state index contributed by atoms with van der Waals surface area (Å²) in [7, 11) is 1.51. The number of hydrogen-bond donors (Lipinski definition) is 2. The van der Waals surface area contributed by atoms with Crippen molar-refractivity contribution in [1.29, 1.82) is 0 Å². The van der Waals surface area contributed by atoms with E-state index in [0.717, 1.165) is 22.8 Å². The molecular formula is C28H24F3N5O4. The fourth-order valence-electron chi connectivity index (χ4n) is 4.37. The lowest BCUT2D eigenvalue weighted by Crippen LogP contribution is -2.31. The summed E-state index contributed by atoms with van der Waals surface area (Å²) < 4.78 is 50.7. The number of aromatic hydroxyl groups is 1. The Hall–Kier alpha value is -4.87. The minimum absolute atomic E-state index is 0.00468. The molecule has 2 aromatic carbocycles. The number of carbonyl (C=O) groups is 1. The van der Waals surface area contributed by atoms with Gasteiger partial charge in [-0.25, -0.2) is 19.7 Å². The van der Waals surface area contributed by atoms with E-state index in [1.54, 1.807) is 12.3 Å². The summed E-state index contributed by atoms with van der Waals surface area (Å²) in [6, 6.07) is 12.1. The van der Waals surface area contributed by atoms with Crippen molar-refractivity contribution < 1.29 is 32.5 Å². The highest BCUT2D eigenvalue weighted by Gasteiger charge is 2.32. The number of phenolic OH excluding ortho intramolecular Hbond substituents is 1. The number of nitrogens with zero attached hydrogens (tertiary/aromatic N) is 4. The molecule has 1 aliphatic rings. The van der Waals surface area contributed by atoms with Crippen LogP contribution in [0, 0.1) is 6.92 Å². The van der Waals surface area contributed by atoms with Crippen molar-refractivity contribution in [3.05, 3.63) is 88.7 Å². The highest BCUT2D eigenvalue weighted by molar-refractivity contribution is 5.90. The summed E-state index contributed by atoms with van der Waals surface area (Å²) in [6.07, 6.45) is -1.71. The van der Waals surface area contributed by atoms with Gasteiger partial charge in [-0.05, 0) is 41.3 Å². The van der Waals surface area contributed by atoms with E-state index in [-0.39, 0.29) is 35.1 Å². The number of phenols is 1. The van der Waals surface area contributed by atoms with Gasteiger partial charge in [-0.2, -0.15) is 13.2 Å². The molecule has 0 bridgehead atoms. The van der Waals surface area contributed by atoms with Crippen LogP contribution in [-0.2, 0) is 25.9 Å². The number of alkyl halides is 3. The number of carbonyl (C=O) groups excluding carboxylic acids is 1. The second-order valence-corrected chi connectivity index (χ2v) is 9.15. The van der Waals surface area contributed by atoms with E-state index in [9.17, 15) is 23.1 Å². The Bertz CT molecular complexity index is 1540. The Kier molecular flexibility index (Phi) is 7.16. The molecule has 0 spiro atoms. The molecule has 2 amide bonds. The molecule has 0 radical (unpaired) electrons. The summed E-state index contributed by atoms with van der Waals surface area (Å²) in [5.74, 6) is -0.231. The van der Waals surface area contributed by atoms with E-state index in [0.29, 0.717) is 25.0 Å². The molecule has 0 unspecified atom stereocenters. The molecule has 2 aromatic heterocycles. The second kappa shape index (κ2) is 10.7. The molecule has 40 heavy (non-hydrogen) atoms. The van der Waals surface area contributed by atoms with Gasteiger partial charge in [-0.15, -0.1) is 0 Å². The van der Waals surface area contributed by atoms with Crippen LogP contribution in [0.2, 0.25) is 0 Å². The van der Waals surface area contributed by atoms with Gasteiger partial charge in [0.05, 0.1) is 24.6 Å². The van der Waals surface area contributed by atoms with Crippen molar-refractivity contribution >= 4 is 11.8 Å². The summed E-state index contributed by atoms with van der Waals surface area (Å²) in [6.45, 7) is 2.15. The zero-order chi connectivity index (χ0) is 28.4. The summed E-state index contributed by atoms with van der Waals surface area (Å²) in [4.78, 5) is 27.7. The van der Waals surface area contributed by atoms with Crippen LogP contribution in [0.25, 0.3) is 11.3 Å². The van der Waals surface area contributed by atoms with Crippen LogP contribution < -0.4 is 14.8 Å². The van der Waals surface area contributed by atoms with Gasteiger partial charge in [0.1, 0.15) is 12.4 Å². The number of ether oxygens (including phenoxy) is 2. The maximum atomic E-state index is 13.3. The standard InChI is InChI=1S/C28H24F3N5O4/c1-16-8-20(28(29,30)31)10-22(37)24(16)21-12-33-26(40-15-17-6-4-3-5-7-17)25(34-21)35-27(38)36-13-18-9-23(39-2)32-11-19(18)14-36/h3-12,37H,13-15H2,1-2H3,(H,34,35,38). The number of aryl methyl sites for hydroxylation is 1. The van der Waals surface area contributed by atoms with Crippen molar-refractivity contribution in [2.24, 2.45) is 0 Å². The minimum atomic E-state index is -4.63. The van der Waals surface area contributed by atoms with E-state index in [1.165, 1.54) is 25.1 Å². The number of amides is 2. The first-order chi connectivity index (χ1) is 19.1. The third-order valence-electron chi connectivity index (χ3n) is 6.36. The molecule has 3 heterocycles. The number of hydrogen-bond acceptors (Lipinski definition) is 7. The number of urea groups is 1. The molecule has 0 fully saturated rings. The fraction of sp³-hybridized carbons (Fsp3) is 0.214. The third kappa shape index (κ3) is 5.60. The average molecular weight is 552 g/mol. The highest BCUT2D eigenvalue weighted by atomic mass is 19.4. The van der Waals surface area contributed by atoms with Gasteiger partial charge in [0.2, 0.25) is 5.88 Å². The molecule has 0 atom stereocenters. The highest BCUT2D eigenvalue weighted by Crippen LogP contribution is 2.39. The van der Waals surface area contributed by atoms with Gasteiger partial charge < -0.3 is 19.5 Å². The van der Waals surface area contributed by atoms with E-state index in [2.05, 4.69) is 20.3 Å².